The van der Waals surface area contributed by atoms with Gasteiger partial charge < -0.3 is 5.32 Å². The van der Waals surface area contributed by atoms with Crippen molar-refractivity contribution in [2.75, 3.05) is 19.6 Å². The van der Waals surface area contributed by atoms with Crippen LogP contribution in [0.4, 0.5) is 0 Å². The van der Waals surface area contributed by atoms with E-state index in [1.54, 1.807) is 11.3 Å². The summed E-state index contributed by atoms with van der Waals surface area (Å²) in [7, 11) is 0. The van der Waals surface area contributed by atoms with Crippen LogP contribution in [0.15, 0.2) is 15.2 Å². The van der Waals surface area contributed by atoms with E-state index in [9.17, 15) is 0 Å². The quantitative estimate of drug-likeness (QED) is 0.850. The minimum absolute atomic E-state index is 0.153. The van der Waals surface area contributed by atoms with Crippen molar-refractivity contribution in [2.45, 2.75) is 51.6 Å². The Balaban J connectivity index is 2.24. The van der Waals surface area contributed by atoms with Crippen molar-refractivity contribution in [3.05, 3.63) is 20.8 Å². The zero-order valence-corrected chi connectivity index (χ0v) is 14.6. The van der Waals surface area contributed by atoms with Gasteiger partial charge in [-0.3, -0.25) is 4.90 Å². The topological polar surface area (TPSA) is 15.3 Å². The molecule has 0 aromatic carbocycles. The second-order valence-electron chi connectivity index (χ2n) is 5.87. The third-order valence-electron chi connectivity index (χ3n) is 4.24. The molecular weight excluding hydrogens is 320 g/mol. The lowest BCUT2D eigenvalue weighted by Gasteiger charge is -2.46. The van der Waals surface area contributed by atoms with E-state index in [1.165, 1.54) is 42.4 Å². The summed E-state index contributed by atoms with van der Waals surface area (Å²) < 4.78 is 1.24. The average Bonchev–Trinajstić information content (AvgIpc) is 2.83. The maximum absolute atomic E-state index is 3.71. The first kappa shape index (κ1) is 15.5. The van der Waals surface area contributed by atoms with Crippen LogP contribution in [0.2, 0.25) is 0 Å². The Bertz CT molecular complexity index is 397. The van der Waals surface area contributed by atoms with Crippen LogP contribution >= 0.6 is 27.3 Å². The summed E-state index contributed by atoms with van der Waals surface area (Å²) in [5.41, 5.74) is 1.56. The van der Waals surface area contributed by atoms with Gasteiger partial charge in [0.15, 0.2) is 0 Å². The van der Waals surface area contributed by atoms with Gasteiger partial charge in [-0.25, -0.2) is 0 Å². The maximum atomic E-state index is 3.71. The summed E-state index contributed by atoms with van der Waals surface area (Å²) in [6.45, 7) is 10.4. The fourth-order valence-electron chi connectivity index (χ4n) is 3.09. The molecule has 0 spiro atoms. The van der Waals surface area contributed by atoms with Crippen molar-refractivity contribution >= 4 is 27.3 Å². The number of rotatable bonds is 5. The summed E-state index contributed by atoms with van der Waals surface area (Å²) >= 11 is 5.48. The van der Waals surface area contributed by atoms with Crippen molar-refractivity contribution in [1.82, 2.24) is 10.2 Å². The van der Waals surface area contributed by atoms with Gasteiger partial charge in [0.05, 0.1) is 6.04 Å². The molecule has 1 aromatic heterocycles. The van der Waals surface area contributed by atoms with E-state index in [-0.39, 0.29) is 5.54 Å². The molecule has 2 nitrogen and oxygen atoms in total. The average molecular weight is 345 g/mol. The highest BCUT2D eigenvalue weighted by molar-refractivity contribution is 9.10. The van der Waals surface area contributed by atoms with Gasteiger partial charge >= 0.3 is 0 Å². The van der Waals surface area contributed by atoms with Gasteiger partial charge in [0, 0.05) is 15.4 Å². The lowest BCUT2D eigenvalue weighted by molar-refractivity contribution is 0.0612. The molecule has 1 fully saturated rings. The van der Waals surface area contributed by atoms with E-state index in [0.29, 0.717) is 6.04 Å². The molecular formula is C15H25BrN2S. The highest BCUT2D eigenvalue weighted by Gasteiger charge is 2.37. The summed E-state index contributed by atoms with van der Waals surface area (Å²) in [5, 5.41) is 8.17. The van der Waals surface area contributed by atoms with Gasteiger partial charge in [-0.15, -0.1) is 0 Å². The summed E-state index contributed by atoms with van der Waals surface area (Å²) in [4.78, 5) is 2.66. The molecule has 4 heteroatoms. The summed E-state index contributed by atoms with van der Waals surface area (Å²) in [6.07, 6.45) is 4.07. The SMILES string of the molecule is CCNC(c1cscc1Br)C(C)(C)N1CCCCC1. The van der Waals surface area contributed by atoms with E-state index < -0.39 is 0 Å². The number of likely N-dealkylation sites (N-methyl/N-ethyl adjacent to an activating group) is 1. The predicted molar refractivity (Wildman–Crippen MR) is 87.9 cm³/mol. The van der Waals surface area contributed by atoms with Crippen LogP contribution in [0.1, 0.15) is 51.6 Å². The minimum atomic E-state index is 0.153. The van der Waals surface area contributed by atoms with Crippen LogP contribution in [0.25, 0.3) is 0 Å². The van der Waals surface area contributed by atoms with Crippen molar-refractivity contribution in [3.63, 3.8) is 0 Å². The lowest BCUT2D eigenvalue weighted by Crippen LogP contribution is -2.54. The molecule has 1 aliphatic heterocycles. The Morgan fingerprint density at radius 2 is 2.00 bits per heavy atom. The molecule has 1 aliphatic rings. The highest BCUT2D eigenvalue weighted by Crippen LogP contribution is 2.37. The van der Waals surface area contributed by atoms with Gasteiger partial charge in [-0.1, -0.05) is 13.3 Å². The minimum Gasteiger partial charge on any atom is -0.309 e. The third kappa shape index (κ3) is 3.41. The molecule has 0 bridgehead atoms. The maximum Gasteiger partial charge on any atom is 0.0521 e. The van der Waals surface area contributed by atoms with E-state index in [4.69, 9.17) is 0 Å². The van der Waals surface area contributed by atoms with Crippen LogP contribution in [0, 0.1) is 0 Å². The van der Waals surface area contributed by atoms with Gasteiger partial charge in [-0.05, 0) is 73.2 Å². The van der Waals surface area contributed by atoms with Crippen molar-refractivity contribution in [1.29, 1.82) is 0 Å². The van der Waals surface area contributed by atoms with Crippen molar-refractivity contribution in [3.8, 4) is 0 Å². The Kier molecular flexibility index (Phi) is 5.46. The van der Waals surface area contributed by atoms with E-state index in [0.717, 1.165) is 6.54 Å². The molecule has 19 heavy (non-hydrogen) atoms. The number of halogens is 1. The van der Waals surface area contributed by atoms with Crippen LogP contribution in [0.3, 0.4) is 0 Å². The van der Waals surface area contributed by atoms with Crippen molar-refractivity contribution < 1.29 is 0 Å². The molecule has 1 aromatic rings. The van der Waals surface area contributed by atoms with Crippen molar-refractivity contribution in [2.24, 2.45) is 0 Å². The fourth-order valence-corrected chi connectivity index (χ4v) is 4.65. The number of piperidine rings is 1. The smallest absolute Gasteiger partial charge is 0.0521 e. The molecule has 0 saturated carbocycles. The molecule has 108 valence electrons. The first-order valence-electron chi connectivity index (χ1n) is 7.27. The monoisotopic (exact) mass is 344 g/mol. The molecule has 1 saturated heterocycles. The molecule has 1 unspecified atom stereocenters. The van der Waals surface area contributed by atoms with Gasteiger partial charge in [0.1, 0.15) is 0 Å². The third-order valence-corrected chi connectivity index (χ3v) is 5.99. The van der Waals surface area contributed by atoms with Gasteiger partial charge in [0.2, 0.25) is 0 Å². The Morgan fingerprint density at radius 1 is 1.32 bits per heavy atom. The molecule has 1 N–H and O–H groups in total. The van der Waals surface area contributed by atoms with Crippen LogP contribution in [-0.2, 0) is 0 Å². The largest absolute Gasteiger partial charge is 0.309 e. The second kappa shape index (κ2) is 6.70. The van der Waals surface area contributed by atoms with E-state index >= 15 is 0 Å². The van der Waals surface area contributed by atoms with E-state index in [1.807, 2.05) is 0 Å². The normalized spacial score (nSPS) is 19.6. The second-order valence-corrected chi connectivity index (χ2v) is 7.47. The Labute approximate surface area is 129 Å². The molecule has 0 radical (unpaired) electrons. The molecule has 2 heterocycles. The highest BCUT2D eigenvalue weighted by atomic mass is 79.9. The predicted octanol–water partition coefficient (Wildman–Crippen LogP) is 4.43. The fraction of sp³-hybridized carbons (Fsp3) is 0.733. The number of hydrogen-bond acceptors (Lipinski definition) is 3. The zero-order valence-electron chi connectivity index (χ0n) is 12.2. The molecule has 2 rings (SSSR count). The standard InChI is InChI=1S/C15H25BrN2S/c1-4-17-14(12-10-19-11-13(12)16)15(2,3)18-8-6-5-7-9-18/h10-11,14,17H,4-9H2,1-3H3. The Morgan fingerprint density at radius 3 is 2.53 bits per heavy atom. The number of hydrogen-bond donors (Lipinski definition) is 1. The van der Waals surface area contributed by atoms with Crippen LogP contribution < -0.4 is 5.32 Å². The number of nitrogens with zero attached hydrogens (tertiary/aromatic N) is 1. The number of nitrogens with one attached hydrogen (secondary N) is 1. The first-order valence-corrected chi connectivity index (χ1v) is 9.01. The van der Waals surface area contributed by atoms with Gasteiger partial charge in [0.25, 0.3) is 0 Å². The van der Waals surface area contributed by atoms with Crippen LogP contribution in [0.5, 0.6) is 0 Å². The lowest BCUT2D eigenvalue weighted by atomic mass is 9.86. The first-order chi connectivity index (χ1) is 9.07. The Hall–Kier alpha value is 0.1000. The number of thiophene rings is 1. The van der Waals surface area contributed by atoms with Crippen LogP contribution in [-0.4, -0.2) is 30.1 Å². The zero-order chi connectivity index (χ0) is 13.9. The molecule has 0 aliphatic carbocycles. The number of likely N-dealkylation sites (tertiary alicyclic amines) is 1. The molecule has 1 atom stereocenters. The van der Waals surface area contributed by atoms with E-state index in [2.05, 4.69) is 57.7 Å². The summed E-state index contributed by atoms with van der Waals surface area (Å²) in [6, 6.07) is 0.385. The summed E-state index contributed by atoms with van der Waals surface area (Å²) in [5.74, 6) is 0. The molecule has 0 amide bonds. The van der Waals surface area contributed by atoms with Gasteiger partial charge in [-0.2, -0.15) is 11.3 Å².